The van der Waals surface area contributed by atoms with Crippen molar-refractivity contribution in [3.05, 3.63) is 85.0 Å². The van der Waals surface area contributed by atoms with Gasteiger partial charge in [-0.1, -0.05) is 55.5 Å². The molecule has 5 rings (SSSR count). The third-order valence-corrected chi connectivity index (χ3v) is 11.8. The summed E-state index contributed by atoms with van der Waals surface area (Å²) >= 11 is 1.70. The first-order chi connectivity index (χ1) is 21.2. The van der Waals surface area contributed by atoms with Gasteiger partial charge in [0.25, 0.3) is 5.91 Å². The highest BCUT2D eigenvalue weighted by atomic mass is 32.2. The molecule has 3 amide bonds. The monoisotopic (exact) mass is 615 g/mol. The maximum absolute atomic E-state index is 15.0. The van der Waals surface area contributed by atoms with E-state index in [1.54, 1.807) is 38.6 Å². The minimum Gasteiger partial charge on any atom is -0.396 e. The lowest BCUT2D eigenvalue weighted by Gasteiger charge is -2.41. The normalized spacial score (nSPS) is 26.9. The Balaban J connectivity index is 1.59. The van der Waals surface area contributed by atoms with Gasteiger partial charge < -0.3 is 19.8 Å². The van der Waals surface area contributed by atoms with Gasteiger partial charge in [-0.05, 0) is 68.7 Å². The van der Waals surface area contributed by atoms with Crippen molar-refractivity contribution in [3.63, 3.8) is 0 Å². The molecule has 1 spiro atoms. The second kappa shape index (κ2) is 13.3. The molecule has 1 N–H and O–H groups in total. The van der Waals surface area contributed by atoms with Gasteiger partial charge in [0.15, 0.2) is 0 Å². The minimum atomic E-state index is -0.720. The molecule has 234 valence electrons. The number of hydrogen-bond donors (Lipinski definition) is 1. The molecule has 3 aliphatic heterocycles. The van der Waals surface area contributed by atoms with E-state index >= 15 is 4.79 Å². The van der Waals surface area contributed by atoms with E-state index in [1.165, 1.54) is 0 Å². The number of anilines is 2. The van der Waals surface area contributed by atoms with Crippen molar-refractivity contribution in [3.8, 4) is 0 Å². The molecule has 0 aromatic heterocycles. The summed E-state index contributed by atoms with van der Waals surface area (Å²) in [6.45, 7) is 15.2. The number of unbranched alkanes of at least 4 members (excludes halogenated alkanes) is 2. The summed E-state index contributed by atoms with van der Waals surface area (Å²) in [4.78, 5) is 49.5. The maximum atomic E-state index is 15.0. The average molecular weight is 616 g/mol. The first-order valence-corrected chi connectivity index (χ1v) is 16.7. The van der Waals surface area contributed by atoms with Gasteiger partial charge in [-0.25, -0.2) is 0 Å². The molecule has 3 saturated heterocycles. The number of rotatable bonds is 13. The largest absolute Gasteiger partial charge is 0.396 e. The Morgan fingerprint density at radius 1 is 0.977 bits per heavy atom. The Bertz CT molecular complexity index is 1390. The molecular weight excluding hydrogens is 570 g/mol. The average Bonchev–Trinajstić information content (AvgIpc) is 3.60. The number of aliphatic hydroxyl groups is 1. The van der Waals surface area contributed by atoms with E-state index < -0.39 is 22.6 Å². The summed E-state index contributed by atoms with van der Waals surface area (Å²) < 4.78 is -0.720. The number of aliphatic hydroxyl groups excluding tert-OH is 1. The van der Waals surface area contributed by atoms with Gasteiger partial charge in [0, 0.05) is 42.9 Å². The van der Waals surface area contributed by atoms with E-state index in [4.69, 9.17) is 0 Å². The van der Waals surface area contributed by atoms with E-state index in [0.29, 0.717) is 32.5 Å². The third kappa shape index (κ3) is 5.30. The highest BCUT2D eigenvalue weighted by Crippen LogP contribution is 2.69. The lowest BCUT2D eigenvalue weighted by Crippen LogP contribution is -2.58. The van der Waals surface area contributed by atoms with Crippen molar-refractivity contribution in [2.24, 2.45) is 17.8 Å². The Morgan fingerprint density at radius 3 is 2.27 bits per heavy atom. The van der Waals surface area contributed by atoms with Crippen LogP contribution in [0, 0.1) is 31.6 Å². The molecule has 8 heteroatoms. The van der Waals surface area contributed by atoms with Crippen LogP contribution in [-0.4, -0.2) is 70.0 Å². The van der Waals surface area contributed by atoms with Crippen LogP contribution in [-0.2, 0) is 14.4 Å². The number of para-hydroxylation sites is 2. The second-order valence-electron chi connectivity index (χ2n) is 12.4. The number of carbonyl (C=O) groups is 3. The van der Waals surface area contributed by atoms with Crippen LogP contribution in [0.3, 0.4) is 0 Å². The number of carbonyl (C=O) groups excluding carboxylic acids is 3. The van der Waals surface area contributed by atoms with E-state index in [0.717, 1.165) is 35.3 Å². The van der Waals surface area contributed by atoms with E-state index in [2.05, 4.69) is 20.1 Å². The molecule has 7 nitrogen and oxygen atoms in total. The molecule has 44 heavy (non-hydrogen) atoms. The molecule has 3 fully saturated rings. The summed E-state index contributed by atoms with van der Waals surface area (Å²) in [5, 5.41) is 9.34. The fraction of sp³-hybridized carbons (Fsp3) is 0.472. The number of fused-ring (bicyclic) bond motifs is 1. The van der Waals surface area contributed by atoms with E-state index in [9.17, 15) is 14.7 Å². The molecule has 3 aliphatic rings. The topological polar surface area (TPSA) is 81.2 Å². The summed E-state index contributed by atoms with van der Waals surface area (Å²) in [5.74, 6) is -1.35. The quantitative estimate of drug-likeness (QED) is 0.236. The summed E-state index contributed by atoms with van der Waals surface area (Å²) in [6, 6.07) is 14.8. The maximum Gasteiger partial charge on any atom is 0.251 e. The molecule has 2 aromatic rings. The van der Waals surface area contributed by atoms with E-state index in [-0.39, 0.29) is 35.5 Å². The van der Waals surface area contributed by atoms with Crippen molar-refractivity contribution < 1.29 is 19.5 Å². The van der Waals surface area contributed by atoms with Crippen molar-refractivity contribution in [1.29, 1.82) is 0 Å². The van der Waals surface area contributed by atoms with Crippen LogP contribution in [0.25, 0.3) is 0 Å². The van der Waals surface area contributed by atoms with Crippen molar-refractivity contribution >= 4 is 40.9 Å². The van der Waals surface area contributed by atoms with Gasteiger partial charge in [0.1, 0.15) is 6.04 Å². The number of likely N-dealkylation sites (tertiary alicyclic amines) is 1. The molecule has 0 aliphatic carbocycles. The number of hydrogen-bond acceptors (Lipinski definition) is 5. The number of benzene rings is 2. The number of nitrogens with zero attached hydrogens (tertiary/aromatic N) is 3. The van der Waals surface area contributed by atoms with Gasteiger partial charge in [-0.2, -0.15) is 0 Å². The molecule has 0 saturated carbocycles. The minimum absolute atomic E-state index is 0.0534. The zero-order chi connectivity index (χ0) is 31.6. The molecule has 2 bridgehead atoms. The molecule has 2 aromatic carbocycles. The fourth-order valence-corrected chi connectivity index (χ4v) is 10.3. The van der Waals surface area contributed by atoms with Crippen LogP contribution in [0.5, 0.6) is 0 Å². The zero-order valence-electron chi connectivity index (χ0n) is 26.2. The summed E-state index contributed by atoms with van der Waals surface area (Å²) in [5.41, 5.74) is 3.60. The molecule has 0 radical (unpaired) electrons. The number of aryl methyl sites for hydroxylation is 2. The Kier molecular flexibility index (Phi) is 9.71. The highest BCUT2D eigenvalue weighted by molar-refractivity contribution is 8.02. The molecule has 6 atom stereocenters. The Morgan fingerprint density at radius 2 is 1.64 bits per heavy atom. The SMILES string of the molecule is C=CCN(C(=O)[C@@H]1[C@H]2C(=O)N(CCCCCO)C(C(=O)N(CC=C)c3c(C)cccc3C)C23S[C@@H]1CC3C)c1ccccc1. The van der Waals surface area contributed by atoms with Gasteiger partial charge in [-0.3, -0.25) is 14.4 Å². The van der Waals surface area contributed by atoms with Crippen molar-refractivity contribution in [2.45, 2.75) is 62.5 Å². The standard InChI is InChI=1S/C36H45N3O4S/c1-6-19-37(27-17-10-8-11-18-27)33(41)29-28-23-26(5)36(44-28)30(29)34(42)39(21-12-9-13-22-40)32(36)35(43)38(20-7-2)31-24(3)15-14-16-25(31)4/h6-8,10-11,14-18,26,28-30,32,40H,1-2,9,12-13,19-23H2,3-5H3/t26?,28-,29+,30+,32?,36?/m1/s1. The van der Waals surface area contributed by atoms with Crippen LogP contribution in [0.2, 0.25) is 0 Å². The predicted octanol–water partition coefficient (Wildman–Crippen LogP) is 5.54. The van der Waals surface area contributed by atoms with E-state index in [1.807, 2.05) is 62.4 Å². The Labute approximate surface area is 266 Å². The van der Waals surface area contributed by atoms with Crippen LogP contribution in [0.15, 0.2) is 73.8 Å². The van der Waals surface area contributed by atoms with Crippen LogP contribution >= 0.6 is 11.8 Å². The summed E-state index contributed by atoms with van der Waals surface area (Å²) in [6.07, 6.45) is 6.30. The molecule has 3 unspecified atom stereocenters. The second-order valence-corrected chi connectivity index (χ2v) is 14.0. The summed E-state index contributed by atoms with van der Waals surface area (Å²) in [7, 11) is 0. The molecular formula is C36H45N3O4S. The van der Waals surface area contributed by atoms with Gasteiger partial charge in [0.2, 0.25) is 11.8 Å². The van der Waals surface area contributed by atoms with Gasteiger partial charge in [0.05, 0.1) is 16.6 Å². The molecule has 3 heterocycles. The first kappa shape index (κ1) is 32.0. The third-order valence-electron chi connectivity index (χ3n) is 9.75. The van der Waals surface area contributed by atoms with Crippen LogP contribution < -0.4 is 9.80 Å². The van der Waals surface area contributed by atoms with Crippen LogP contribution in [0.1, 0.15) is 43.7 Å². The van der Waals surface area contributed by atoms with Crippen molar-refractivity contribution in [2.75, 3.05) is 36.0 Å². The van der Waals surface area contributed by atoms with Gasteiger partial charge >= 0.3 is 0 Å². The fourth-order valence-electron chi connectivity index (χ4n) is 7.93. The van der Waals surface area contributed by atoms with Crippen molar-refractivity contribution in [1.82, 2.24) is 4.90 Å². The smallest absolute Gasteiger partial charge is 0.251 e. The highest BCUT2D eigenvalue weighted by Gasteiger charge is 2.76. The lowest BCUT2D eigenvalue weighted by molar-refractivity contribution is -0.139. The lowest BCUT2D eigenvalue weighted by atomic mass is 9.65. The zero-order valence-corrected chi connectivity index (χ0v) is 27.0. The number of thioether (sulfide) groups is 1. The predicted molar refractivity (Wildman–Crippen MR) is 179 cm³/mol. The van der Waals surface area contributed by atoms with Crippen LogP contribution in [0.4, 0.5) is 11.4 Å². The number of amides is 3. The first-order valence-electron chi connectivity index (χ1n) is 15.8. The Hall–Kier alpha value is -3.36. The van der Waals surface area contributed by atoms with Gasteiger partial charge in [-0.15, -0.1) is 24.9 Å².